The third-order valence-corrected chi connectivity index (χ3v) is 2.00. The zero-order valence-corrected chi connectivity index (χ0v) is 9.25. The summed E-state index contributed by atoms with van der Waals surface area (Å²) < 4.78 is 0. The Balaban J connectivity index is 2.19. The topological polar surface area (TPSA) is 53.9 Å². The maximum atomic E-state index is 4.38. The Bertz CT molecular complexity index is 455. The first-order valence-electron chi connectivity index (χ1n) is 4.93. The van der Waals surface area contributed by atoms with Crippen LogP contribution in [0.15, 0.2) is 36.8 Å². The van der Waals surface area contributed by atoms with Gasteiger partial charge in [0.25, 0.3) is 0 Å². The van der Waals surface area contributed by atoms with Crippen LogP contribution < -0.4 is 10.2 Å². The number of aromatic nitrogens is 3. The molecule has 0 saturated heterocycles. The van der Waals surface area contributed by atoms with Crippen LogP contribution in [0.25, 0.3) is 0 Å². The van der Waals surface area contributed by atoms with Gasteiger partial charge in [-0.2, -0.15) is 0 Å². The van der Waals surface area contributed by atoms with Gasteiger partial charge in [-0.15, -0.1) is 0 Å². The lowest BCUT2D eigenvalue weighted by Crippen LogP contribution is -2.11. The highest BCUT2D eigenvalue weighted by Gasteiger charge is 2.00. The fourth-order valence-electron chi connectivity index (χ4n) is 1.20. The Morgan fingerprint density at radius 1 is 1.12 bits per heavy atom. The fraction of sp³-hybridized carbons (Fsp3) is 0.182. The van der Waals surface area contributed by atoms with E-state index in [9.17, 15) is 0 Å². The lowest BCUT2D eigenvalue weighted by atomic mass is 10.4. The summed E-state index contributed by atoms with van der Waals surface area (Å²) >= 11 is 0. The lowest BCUT2D eigenvalue weighted by Gasteiger charge is -2.11. The van der Waals surface area contributed by atoms with Crippen molar-refractivity contribution < 1.29 is 0 Å². The molecule has 82 valence electrons. The third kappa shape index (κ3) is 2.44. The van der Waals surface area contributed by atoms with Crippen LogP contribution in [0, 0.1) is 0 Å². The minimum absolute atomic E-state index is 0.685. The van der Waals surface area contributed by atoms with Gasteiger partial charge >= 0.3 is 0 Å². The van der Waals surface area contributed by atoms with E-state index >= 15 is 0 Å². The first-order valence-corrected chi connectivity index (χ1v) is 4.93. The second kappa shape index (κ2) is 4.57. The van der Waals surface area contributed by atoms with E-state index in [2.05, 4.69) is 20.3 Å². The molecule has 0 aliphatic heterocycles. The van der Waals surface area contributed by atoms with Crippen LogP contribution in [0.5, 0.6) is 0 Å². The molecule has 16 heavy (non-hydrogen) atoms. The molecule has 0 saturated carbocycles. The number of hydrogen-bond acceptors (Lipinski definition) is 5. The average Bonchev–Trinajstić information content (AvgIpc) is 2.30. The molecule has 0 aliphatic rings. The van der Waals surface area contributed by atoms with Crippen molar-refractivity contribution >= 4 is 17.5 Å². The van der Waals surface area contributed by atoms with Gasteiger partial charge in [-0.25, -0.2) is 9.97 Å². The Morgan fingerprint density at radius 2 is 2.00 bits per heavy atom. The summed E-state index contributed by atoms with van der Waals surface area (Å²) in [5.41, 5.74) is 0. The van der Waals surface area contributed by atoms with E-state index in [0.29, 0.717) is 5.82 Å². The molecule has 2 aromatic rings. The third-order valence-electron chi connectivity index (χ3n) is 2.00. The highest BCUT2D eigenvalue weighted by molar-refractivity contribution is 5.52. The molecular weight excluding hydrogens is 202 g/mol. The summed E-state index contributed by atoms with van der Waals surface area (Å²) in [5.74, 6) is 2.25. The van der Waals surface area contributed by atoms with E-state index < -0.39 is 0 Å². The average molecular weight is 215 g/mol. The Morgan fingerprint density at radius 3 is 2.69 bits per heavy atom. The van der Waals surface area contributed by atoms with Gasteiger partial charge < -0.3 is 10.2 Å². The smallest absolute Gasteiger partial charge is 0.152 e. The molecule has 0 atom stereocenters. The molecule has 2 aromatic heterocycles. The SMILES string of the molecule is CN(C)c1cncc(Nc2ccccn2)n1. The maximum absolute atomic E-state index is 4.38. The second-order valence-corrected chi connectivity index (χ2v) is 3.50. The zero-order chi connectivity index (χ0) is 11.4. The zero-order valence-electron chi connectivity index (χ0n) is 9.25. The summed E-state index contributed by atoms with van der Waals surface area (Å²) in [6.07, 6.45) is 5.11. The van der Waals surface area contributed by atoms with Crippen molar-refractivity contribution in [3.63, 3.8) is 0 Å². The Kier molecular flexibility index (Phi) is 2.95. The standard InChI is InChI=1S/C11H13N5/c1-16(2)11-8-12-7-10(15-11)14-9-5-3-4-6-13-9/h3-8H,1-2H3,(H,13,14,15). The number of nitrogens with zero attached hydrogens (tertiary/aromatic N) is 4. The van der Waals surface area contributed by atoms with Crippen LogP contribution in [0.1, 0.15) is 0 Å². The molecule has 0 amide bonds. The normalized spacial score (nSPS) is 9.88. The van der Waals surface area contributed by atoms with Crippen LogP contribution >= 0.6 is 0 Å². The van der Waals surface area contributed by atoms with Gasteiger partial charge in [0.05, 0.1) is 12.4 Å². The number of pyridine rings is 1. The summed E-state index contributed by atoms with van der Waals surface area (Å²) in [4.78, 5) is 14.5. The van der Waals surface area contributed by atoms with Crippen molar-refractivity contribution in [1.29, 1.82) is 0 Å². The number of rotatable bonds is 3. The van der Waals surface area contributed by atoms with Gasteiger partial charge in [0.1, 0.15) is 11.6 Å². The molecule has 0 spiro atoms. The fourth-order valence-corrected chi connectivity index (χ4v) is 1.20. The molecule has 2 rings (SSSR count). The van der Waals surface area contributed by atoms with Crippen molar-refractivity contribution in [2.75, 3.05) is 24.3 Å². The minimum Gasteiger partial charge on any atom is -0.361 e. The molecule has 0 bridgehead atoms. The van der Waals surface area contributed by atoms with Crippen molar-refractivity contribution in [3.8, 4) is 0 Å². The number of hydrogen-bond donors (Lipinski definition) is 1. The summed E-state index contributed by atoms with van der Waals surface area (Å²) in [7, 11) is 3.85. The quantitative estimate of drug-likeness (QED) is 0.844. The monoisotopic (exact) mass is 215 g/mol. The first-order chi connectivity index (χ1) is 7.75. The van der Waals surface area contributed by atoms with Gasteiger partial charge in [-0.1, -0.05) is 6.07 Å². The molecule has 0 aliphatic carbocycles. The maximum Gasteiger partial charge on any atom is 0.152 e. The molecule has 0 fully saturated rings. The van der Waals surface area contributed by atoms with Gasteiger partial charge in [-0.05, 0) is 12.1 Å². The Hall–Kier alpha value is -2.17. The molecule has 1 N–H and O–H groups in total. The van der Waals surface area contributed by atoms with Crippen molar-refractivity contribution in [3.05, 3.63) is 36.8 Å². The molecule has 2 heterocycles. The van der Waals surface area contributed by atoms with Gasteiger partial charge in [0.15, 0.2) is 5.82 Å². The van der Waals surface area contributed by atoms with Gasteiger partial charge in [0.2, 0.25) is 0 Å². The van der Waals surface area contributed by atoms with E-state index in [-0.39, 0.29) is 0 Å². The second-order valence-electron chi connectivity index (χ2n) is 3.50. The van der Waals surface area contributed by atoms with Crippen molar-refractivity contribution in [2.45, 2.75) is 0 Å². The van der Waals surface area contributed by atoms with Crippen LogP contribution in [0.4, 0.5) is 17.5 Å². The van der Waals surface area contributed by atoms with Gasteiger partial charge in [-0.3, -0.25) is 4.98 Å². The van der Waals surface area contributed by atoms with Crippen LogP contribution in [0.3, 0.4) is 0 Å². The molecular formula is C11H13N5. The first kappa shape index (κ1) is 10.4. The summed E-state index contributed by atoms with van der Waals surface area (Å²) in [5, 5.41) is 3.09. The lowest BCUT2D eigenvalue weighted by molar-refractivity contribution is 1.04. The predicted molar refractivity (Wildman–Crippen MR) is 63.9 cm³/mol. The van der Waals surface area contributed by atoms with Gasteiger partial charge in [0, 0.05) is 20.3 Å². The minimum atomic E-state index is 0.685. The number of anilines is 3. The summed E-state index contributed by atoms with van der Waals surface area (Å²) in [6, 6.07) is 5.66. The van der Waals surface area contributed by atoms with Crippen molar-refractivity contribution in [2.24, 2.45) is 0 Å². The van der Waals surface area contributed by atoms with E-state index in [1.807, 2.05) is 37.2 Å². The highest BCUT2D eigenvalue weighted by atomic mass is 15.2. The van der Waals surface area contributed by atoms with Crippen LogP contribution in [-0.2, 0) is 0 Å². The highest BCUT2D eigenvalue weighted by Crippen LogP contribution is 2.13. The molecule has 5 nitrogen and oxygen atoms in total. The van der Waals surface area contributed by atoms with Crippen LogP contribution in [0.2, 0.25) is 0 Å². The molecule has 0 radical (unpaired) electrons. The predicted octanol–water partition coefficient (Wildman–Crippen LogP) is 1.68. The molecule has 0 aromatic carbocycles. The number of nitrogens with one attached hydrogen (secondary N) is 1. The van der Waals surface area contributed by atoms with E-state index in [4.69, 9.17) is 0 Å². The molecule has 5 heteroatoms. The molecule has 0 unspecified atom stereocenters. The van der Waals surface area contributed by atoms with E-state index in [1.54, 1.807) is 18.6 Å². The van der Waals surface area contributed by atoms with E-state index in [1.165, 1.54) is 0 Å². The Labute approximate surface area is 94.2 Å². The van der Waals surface area contributed by atoms with E-state index in [0.717, 1.165) is 11.6 Å². The largest absolute Gasteiger partial charge is 0.361 e. The summed E-state index contributed by atoms with van der Waals surface area (Å²) in [6.45, 7) is 0. The van der Waals surface area contributed by atoms with Crippen LogP contribution in [-0.4, -0.2) is 29.0 Å². The van der Waals surface area contributed by atoms with Crippen molar-refractivity contribution in [1.82, 2.24) is 15.0 Å².